The van der Waals surface area contributed by atoms with Gasteiger partial charge in [0.15, 0.2) is 6.20 Å². The van der Waals surface area contributed by atoms with E-state index in [1.807, 2.05) is 0 Å². The molecule has 0 aliphatic heterocycles. The molecule has 1 aromatic heterocycles. The molecule has 0 unspecified atom stereocenters. The van der Waals surface area contributed by atoms with Crippen LogP contribution < -0.4 is 4.57 Å². The van der Waals surface area contributed by atoms with E-state index in [0.29, 0.717) is 5.41 Å². The van der Waals surface area contributed by atoms with Gasteiger partial charge in [-0.3, -0.25) is 0 Å². The predicted octanol–water partition coefficient (Wildman–Crippen LogP) is 6.26. The number of aromatic nitrogens is 1. The van der Waals surface area contributed by atoms with Crippen molar-refractivity contribution in [1.82, 2.24) is 0 Å². The maximum absolute atomic E-state index is 2.44. The number of rotatable bonds is 2. The molecule has 1 heteroatoms. The van der Waals surface area contributed by atoms with Gasteiger partial charge < -0.3 is 0 Å². The number of aryl methyl sites for hydroxylation is 4. The van der Waals surface area contributed by atoms with Crippen LogP contribution in [0.25, 0.3) is 22.4 Å². The molecule has 144 valence electrons. The monoisotopic (exact) mass is 370 g/mol. The smallest absolute Gasteiger partial charge is 0.201 e. The van der Waals surface area contributed by atoms with Gasteiger partial charge in [-0.2, -0.15) is 0 Å². The van der Waals surface area contributed by atoms with Gasteiger partial charge in [-0.05, 0) is 78.0 Å². The highest BCUT2D eigenvalue weighted by Gasteiger charge is 2.27. The van der Waals surface area contributed by atoms with Crippen LogP contribution in [0.15, 0.2) is 42.6 Å². The van der Waals surface area contributed by atoms with E-state index in [1.54, 1.807) is 0 Å². The molecule has 0 spiro atoms. The van der Waals surface area contributed by atoms with Crippen LogP contribution in [0.5, 0.6) is 0 Å². The first-order chi connectivity index (χ1) is 13.1. The molecular weight excluding hydrogens is 338 g/mol. The summed E-state index contributed by atoms with van der Waals surface area (Å²) in [5, 5.41) is 0. The van der Waals surface area contributed by atoms with Crippen LogP contribution in [0.3, 0.4) is 0 Å². The lowest BCUT2D eigenvalue weighted by Crippen LogP contribution is -2.32. The lowest BCUT2D eigenvalue weighted by Gasteiger charge is -2.18. The Morgan fingerprint density at radius 3 is 2.29 bits per heavy atom. The van der Waals surface area contributed by atoms with E-state index in [1.165, 1.54) is 55.8 Å². The highest BCUT2D eigenvalue weighted by Crippen LogP contribution is 2.43. The molecule has 1 nitrogen and oxygen atoms in total. The molecule has 1 aliphatic rings. The van der Waals surface area contributed by atoms with Gasteiger partial charge in [0.05, 0.1) is 5.56 Å². The molecule has 0 saturated heterocycles. The maximum Gasteiger partial charge on any atom is 0.213 e. The van der Waals surface area contributed by atoms with E-state index in [-0.39, 0.29) is 0 Å². The van der Waals surface area contributed by atoms with Gasteiger partial charge in [0.1, 0.15) is 7.05 Å². The van der Waals surface area contributed by atoms with E-state index in [9.17, 15) is 0 Å². The highest BCUT2D eigenvalue weighted by atomic mass is 14.9. The third kappa shape index (κ3) is 3.28. The Morgan fingerprint density at radius 2 is 1.57 bits per heavy atom. The van der Waals surface area contributed by atoms with Crippen molar-refractivity contribution in [3.05, 3.63) is 76.0 Å². The molecule has 1 heterocycles. The molecule has 3 aromatic rings. The third-order valence-corrected chi connectivity index (χ3v) is 6.08. The second kappa shape index (κ2) is 6.58. The van der Waals surface area contributed by atoms with Crippen molar-refractivity contribution < 1.29 is 4.57 Å². The van der Waals surface area contributed by atoms with Crippen molar-refractivity contribution in [2.45, 2.75) is 54.4 Å². The van der Waals surface area contributed by atoms with Gasteiger partial charge in [0.25, 0.3) is 0 Å². The van der Waals surface area contributed by atoms with Crippen LogP contribution in [-0.4, -0.2) is 0 Å². The zero-order chi connectivity index (χ0) is 20.2. The molecule has 0 atom stereocenters. The van der Waals surface area contributed by atoms with Crippen molar-refractivity contribution in [2.24, 2.45) is 12.5 Å². The van der Waals surface area contributed by atoms with Crippen LogP contribution in [-0.2, 0) is 19.9 Å². The summed E-state index contributed by atoms with van der Waals surface area (Å²) in [6.07, 6.45) is 4.41. The number of nitrogens with zero attached hydrogens (tertiary/aromatic N) is 1. The Hall–Kier alpha value is -2.41. The van der Waals surface area contributed by atoms with Gasteiger partial charge in [-0.1, -0.05) is 51.1 Å². The van der Waals surface area contributed by atoms with E-state index >= 15 is 0 Å². The number of pyridine rings is 1. The summed E-state index contributed by atoms with van der Waals surface area (Å²) < 4.78 is 2.29. The average molecular weight is 371 g/mol. The lowest BCUT2D eigenvalue weighted by atomic mass is 9.87. The summed E-state index contributed by atoms with van der Waals surface area (Å²) in [6, 6.07) is 14.1. The fourth-order valence-electron chi connectivity index (χ4n) is 4.66. The SMILES string of the molecule is Cc1cc(-c2c(C)ccc3c2Cc2cc(CC(C)(C)C)ccc2-3)[n+](C)cc1C. The zero-order valence-electron chi connectivity index (χ0n) is 18.4. The number of hydrogen-bond acceptors (Lipinski definition) is 0. The topological polar surface area (TPSA) is 3.88 Å². The molecule has 1 aliphatic carbocycles. The minimum atomic E-state index is 0.314. The average Bonchev–Trinajstić information content (AvgIpc) is 2.94. The van der Waals surface area contributed by atoms with Crippen LogP contribution >= 0.6 is 0 Å². The Balaban J connectivity index is 1.85. The van der Waals surface area contributed by atoms with Gasteiger partial charge in [0.2, 0.25) is 5.69 Å². The number of hydrogen-bond donors (Lipinski definition) is 0. The van der Waals surface area contributed by atoms with Crippen molar-refractivity contribution in [2.75, 3.05) is 0 Å². The van der Waals surface area contributed by atoms with Crippen LogP contribution in [0.1, 0.15) is 54.2 Å². The lowest BCUT2D eigenvalue weighted by molar-refractivity contribution is -0.660. The minimum Gasteiger partial charge on any atom is -0.201 e. The number of fused-ring (bicyclic) bond motifs is 3. The van der Waals surface area contributed by atoms with Crippen LogP contribution in [0, 0.1) is 26.2 Å². The Kier molecular flexibility index (Phi) is 4.45. The second-order valence-electron chi connectivity index (χ2n) is 9.82. The van der Waals surface area contributed by atoms with Gasteiger partial charge >= 0.3 is 0 Å². The molecular formula is C27H32N+. The Morgan fingerprint density at radius 1 is 0.857 bits per heavy atom. The molecule has 28 heavy (non-hydrogen) atoms. The van der Waals surface area contributed by atoms with Gasteiger partial charge in [-0.15, -0.1) is 0 Å². The molecule has 0 N–H and O–H groups in total. The van der Waals surface area contributed by atoms with Crippen LogP contribution in [0.2, 0.25) is 0 Å². The minimum absolute atomic E-state index is 0.314. The first-order valence-corrected chi connectivity index (χ1v) is 10.4. The quantitative estimate of drug-likeness (QED) is 0.366. The van der Waals surface area contributed by atoms with Gasteiger partial charge in [0, 0.05) is 11.6 Å². The first kappa shape index (κ1) is 18.9. The highest BCUT2D eigenvalue weighted by molar-refractivity contribution is 5.85. The van der Waals surface area contributed by atoms with Crippen molar-refractivity contribution in [1.29, 1.82) is 0 Å². The molecule has 0 saturated carbocycles. The van der Waals surface area contributed by atoms with Crippen molar-refractivity contribution in [3.8, 4) is 22.4 Å². The van der Waals surface area contributed by atoms with Gasteiger partial charge in [-0.25, -0.2) is 4.57 Å². The van der Waals surface area contributed by atoms with Crippen LogP contribution in [0.4, 0.5) is 0 Å². The summed E-state index contributed by atoms with van der Waals surface area (Å²) in [5.41, 5.74) is 14.4. The first-order valence-electron chi connectivity index (χ1n) is 10.4. The van der Waals surface area contributed by atoms with Crippen molar-refractivity contribution in [3.63, 3.8) is 0 Å². The normalized spacial score (nSPS) is 12.8. The molecule has 4 rings (SSSR count). The standard InChI is InChI=1S/C27H32N/c1-17-8-10-23-22-11-9-20(15-27(4,5)6)13-21(22)14-24(23)26(17)25-12-18(2)19(3)16-28(25)7/h8-13,16H,14-15H2,1-7H3/q+1. The largest absolute Gasteiger partial charge is 0.213 e. The summed E-state index contributed by atoms with van der Waals surface area (Å²) in [5.74, 6) is 0. The molecule has 0 amide bonds. The van der Waals surface area contributed by atoms with Crippen molar-refractivity contribution >= 4 is 0 Å². The zero-order valence-corrected chi connectivity index (χ0v) is 18.4. The van der Waals surface area contributed by atoms with E-state index in [2.05, 4.69) is 95.8 Å². The second-order valence-corrected chi connectivity index (χ2v) is 9.82. The van der Waals surface area contributed by atoms with E-state index < -0.39 is 0 Å². The van der Waals surface area contributed by atoms with E-state index in [4.69, 9.17) is 0 Å². The number of benzene rings is 2. The Bertz CT molecular complexity index is 1080. The van der Waals surface area contributed by atoms with E-state index in [0.717, 1.165) is 12.8 Å². The summed E-state index contributed by atoms with van der Waals surface area (Å²) >= 11 is 0. The molecule has 0 bridgehead atoms. The summed E-state index contributed by atoms with van der Waals surface area (Å²) in [4.78, 5) is 0. The Labute approximate surface area is 170 Å². The third-order valence-electron chi connectivity index (χ3n) is 6.08. The molecule has 2 aromatic carbocycles. The molecule has 0 radical (unpaired) electrons. The fourth-order valence-corrected chi connectivity index (χ4v) is 4.66. The molecule has 0 fully saturated rings. The summed E-state index contributed by atoms with van der Waals surface area (Å²) in [6.45, 7) is 13.6. The summed E-state index contributed by atoms with van der Waals surface area (Å²) in [7, 11) is 2.17. The fraction of sp³-hybridized carbons (Fsp3) is 0.370. The maximum atomic E-state index is 2.44. The predicted molar refractivity (Wildman–Crippen MR) is 119 cm³/mol.